The lowest BCUT2D eigenvalue weighted by atomic mass is 10.1. The number of carbonyl (C=O) groups is 2. The van der Waals surface area contributed by atoms with Crippen molar-refractivity contribution in [2.24, 2.45) is 0 Å². The van der Waals surface area contributed by atoms with E-state index in [1.165, 1.54) is 24.3 Å². The van der Waals surface area contributed by atoms with Crippen molar-refractivity contribution >= 4 is 11.8 Å². The number of halogens is 1. The molecule has 0 aliphatic carbocycles. The number of benzene rings is 1. The van der Waals surface area contributed by atoms with E-state index in [2.05, 4.69) is 10.6 Å². The van der Waals surface area contributed by atoms with Crippen LogP contribution in [0.3, 0.4) is 0 Å². The zero-order valence-electron chi connectivity index (χ0n) is 11.7. The first-order chi connectivity index (χ1) is 10.1. The average Bonchev–Trinajstić information content (AvgIpc) is 2.66. The molecule has 1 fully saturated rings. The molecule has 1 aromatic carbocycles. The summed E-state index contributed by atoms with van der Waals surface area (Å²) < 4.78 is 18.1. The van der Waals surface area contributed by atoms with E-state index in [0.717, 1.165) is 12.8 Å². The van der Waals surface area contributed by atoms with E-state index in [1.807, 2.05) is 0 Å². The highest BCUT2D eigenvalue weighted by Crippen LogP contribution is 2.11. The number of rotatable bonds is 5. The van der Waals surface area contributed by atoms with Crippen LogP contribution >= 0.6 is 0 Å². The molecule has 0 bridgehead atoms. The van der Waals surface area contributed by atoms with Crippen LogP contribution in [0.4, 0.5) is 4.39 Å². The van der Waals surface area contributed by atoms with Gasteiger partial charge in [-0.15, -0.1) is 0 Å². The summed E-state index contributed by atoms with van der Waals surface area (Å²) in [5.74, 6) is -0.171. The summed E-state index contributed by atoms with van der Waals surface area (Å²) >= 11 is 0. The summed E-state index contributed by atoms with van der Waals surface area (Å²) in [6, 6.07) is 5.15. The predicted octanol–water partition coefficient (Wildman–Crippen LogP) is 1.38. The second-order valence-corrected chi connectivity index (χ2v) is 4.96. The summed E-state index contributed by atoms with van der Waals surface area (Å²) in [6.45, 7) is 0.852. The molecule has 1 heterocycles. The normalized spacial score (nSPS) is 18.5. The summed E-state index contributed by atoms with van der Waals surface area (Å²) in [6.07, 6.45) is 2.67. The monoisotopic (exact) mass is 294 g/mol. The quantitative estimate of drug-likeness (QED) is 0.862. The topological polar surface area (TPSA) is 67.4 Å². The van der Waals surface area contributed by atoms with Gasteiger partial charge in [-0.25, -0.2) is 4.39 Å². The molecular weight excluding hydrogens is 275 g/mol. The maximum Gasteiger partial charge on any atom is 0.242 e. The number of amides is 2. The van der Waals surface area contributed by atoms with Crippen LogP contribution in [0.1, 0.15) is 25.7 Å². The Kier molecular flexibility index (Phi) is 5.54. The molecule has 1 aliphatic rings. The standard InChI is InChI=1S/C15H19FN2O3/c16-11-4-6-12(7-5-11)21-10-8-14(19)18-13-3-1-2-9-17-15(13)20/h4-7,13H,1-3,8-10H2,(H,17,20)(H,18,19). The van der Waals surface area contributed by atoms with Crippen molar-refractivity contribution in [1.29, 1.82) is 0 Å². The SMILES string of the molecule is O=C(CCOc1ccc(F)cc1)NC1CCCCNC1=O. The van der Waals surface area contributed by atoms with Crippen molar-refractivity contribution in [3.05, 3.63) is 30.1 Å². The van der Waals surface area contributed by atoms with Crippen LogP contribution in [-0.4, -0.2) is 31.0 Å². The molecule has 1 atom stereocenters. The second kappa shape index (κ2) is 7.61. The van der Waals surface area contributed by atoms with Crippen molar-refractivity contribution in [2.45, 2.75) is 31.7 Å². The fourth-order valence-corrected chi connectivity index (χ4v) is 2.14. The van der Waals surface area contributed by atoms with E-state index in [1.54, 1.807) is 0 Å². The maximum absolute atomic E-state index is 12.7. The van der Waals surface area contributed by atoms with E-state index in [-0.39, 0.29) is 30.7 Å². The lowest BCUT2D eigenvalue weighted by molar-refractivity contribution is -0.129. The molecule has 1 aliphatic heterocycles. The molecular formula is C15H19FN2O3. The van der Waals surface area contributed by atoms with Crippen LogP contribution in [0, 0.1) is 5.82 Å². The van der Waals surface area contributed by atoms with Gasteiger partial charge in [-0.1, -0.05) is 0 Å². The largest absolute Gasteiger partial charge is 0.493 e. The summed E-state index contributed by atoms with van der Waals surface area (Å²) in [5, 5.41) is 5.48. The minimum atomic E-state index is -0.453. The van der Waals surface area contributed by atoms with Crippen LogP contribution in [0.15, 0.2) is 24.3 Å². The van der Waals surface area contributed by atoms with Crippen molar-refractivity contribution < 1.29 is 18.7 Å². The highest BCUT2D eigenvalue weighted by molar-refractivity contribution is 5.87. The van der Waals surface area contributed by atoms with Crippen molar-refractivity contribution in [2.75, 3.05) is 13.2 Å². The number of hydrogen-bond acceptors (Lipinski definition) is 3. The van der Waals surface area contributed by atoms with Crippen LogP contribution < -0.4 is 15.4 Å². The highest BCUT2D eigenvalue weighted by atomic mass is 19.1. The second-order valence-electron chi connectivity index (χ2n) is 4.96. The number of carbonyl (C=O) groups excluding carboxylic acids is 2. The Morgan fingerprint density at radius 2 is 2.10 bits per heavy atom. The summed E-state index contributed by atoms with van der Waals surface area (Å²) in [5.41, 5.74) is 0. The van der Waals surface area contributed by atoms with E-state index in [9.17, 15) is 14.0 Å². The van der Waals surface area contributed by atoms with Gasteiger partial charge in [0.2, 0.25) is 11.8 Å². The van der Waals surface area contributed by atoms with Gasteiger partial charge in [0.25, 0.3) is 0 Å². The molecule has 0 spiro atoms. The van der Waals surface area contributed by atoms with Crippen LogP contribution in [0.5, 0.6) is 5.75 Å². The van der Waals surface area contributed by atoms with Gasteiger partial charge >= 0.3 is 0 Å². The van der Waals surface area contributed by atoms with Gasteiger partial charge in [-0.2, -0.15) is 0 Å². The number of ether oxygens (including phenoxy) is 1. The fourth-order valence-electron chi connectivity index (χ4n) is 2.14. The molecule has 21 heavy (non-hydrogen) atoms. The molecule has 0 radical (unpaired) electrons. The van der Waals surface area contributed by atoms with Crippen molar-refractivity contribution in [1.82, 2.24) is 10.6 Å². The van der Waals surface area contributed by atoms with Crippen LogP contribution in [-0.2, 0) is 9.59 Å². The van der Waals surface area contributed by atoms with E-state index in [4.69, 9.17) is 4.74 Å². The maximum atomic E-state index is 12.7. The zero-order valence-corrected chi connectivity index (χ0v) is 11.7. The Morgan fingerprint density at radius 3 is 2.86 bits per heavy atom. The fraction of sp³-hybridized carbons (Fsp3) is 0.467. The Balaban J connectivity index is 1.71. The highest BCUT2D eigenvalue weighted by Gasteiger charge is 2.21. The van der Waals surface area contributed by atoms with Gasteiger partial charge in [0.15, 0.2) is 0 Å². The Hall–Kier alpha value is -2.11. The Morgan fingerprint density at radius 1 is 1.33 bits per heavy atom. The molecule has 1 aromatic rings. The molecule has 1 saturated heterocycles. The molecule has 0 saturated carbocycles. The van der Waals surface area contributed by atoms with Gasteiger partial charge < -0.3 is 15.4 Å². The lowest BCUT2D eigenvalue weighted by Gasteiger charge is -2.15. The molecule has 2 rings (SSSR count). The summed E-state index contributed by atoms with van der Waals surface area (Å²) in [4.78, 5) is 23.5. The van der Waals surface area contributed by atoms with Gasteiger partial charge in [-0.05, 0) is 43.5 Å². The first kappa shape index (κ1) is 15.3. The molecule has 2 N–H and O–H groups in total. The molecule has 5 nitrogen and oxygen atoms in total. The third-order valence-corrected chi connectivity index (χ3v) is 3.28. The molecule has 114 valence electrons. The average molecular weight is 294 g/mol. The van der Waals surface area contributed by atoms with Crippen molar-refractivity contribution in [3.63, 3.8) is 0 Å². The first-order valence-electron chi connectivity index (χ1n) is 7.10. The van der Waals surface area contributed by atoms with Gasteiger partial charge in [-0.3, -0.25) is 9.59 Å². The van der Waals surface area contributed by atoms with Gasteiger partial charge in [0, 0.05) is 6.54 Å². The third kappa shape index (κ3) is 5.06. The molecule has 1 unspecified atom stereocenters. The predicted molar refractivity (Wildman–Crippen MR) is 75.3 cm³/mol. The minimum absolute atomic E-state index is 0.125. The van der Waals surface area contributed by atoms with E-state index >= 15 is 0 Å². The Labute approximate surface area is 122 Å². The smallest absolute Gasteiger partial charge is 0.242 e. The van der Waals surface area contributed by atoms with E-state index in [0.29, 0.717) is 18.7 Å². The third-order valence-electron chi connectivity index (χ3n) is 3.28. The summed E-state index contributed by atoms with van der Waals surface area (Å²) in [7, 11) is 0. The Bertz CT molecular complexity index is 490. The lowest BCUT2D eigenvalue weighted by Crippen LogP contribution is -2.45. The van der Waals surface area contributed by atoms with Crippen LogP contribution in [0.25, 0.3) is 0 Å². The van der Waals surface area contributed by atoms with Crippen molar-refractivity contribution in [3.8, 4) is 5.75 Å². The molecule has 2 amide bonds. The molecule has 6 heteroatoms. The van der Waals surface area contributed by atoms with Crippen LogP contribution in [0.2, 0.25) is 0 Å². The number of nitrogens with one attached hydrogen (secondary N) is 2. The van der Waals surface area contributed by atoms with E-state index < -0.39 is 6.04 Å². The first-order valence-corrected chi connectivity index (χ1v) is 7.10. The minimum Gasteiger partial charge on any atom is -0.493 e. The number of hydrogen-bond donors (Lipinski definition) is 2. The zero-order chi connectivity index (χ0) is 15.1. The van der Waals surface area contributed by atoms with Gasteiger partial charge in [0.1, 0.15) is 17.6 Å². The van der Waals surface area contributed by atoms with Gasteiger partial charge in [0.05, 0.1) is 13.0 Å². The molecule has 0 aromatic heterocycles.